The van der Waals surface area contributed by atoms with E-state index in [1.807, 2.05) is 30.3 Å². The van der Waals surface area contributed by atoms with E-state index in [-0.39, 0.29) is 5.95 Å². The predicted molar refractivity (Wildman–Crippen MR) is 105 cm³/mol. The lowest BCUT2D eigenvalue weighted by atomic mass is 10.1. The molecule has 0 saturated carbocycles. The molecule has 6 heteroatoms. The highest BCUT2D eigenvalue weighted by Crippen LogP contribution is 2.26. The van der Waals surface area contributed by atoms with Crippen LogP contribution in [0.15, 0.2) is 53.0 Å². The minimum Gasteiger partial charge on any atom is -0.439 e. The van der Waals surface area contributed by atoms with Crippen LogP contribution in [0.3, 0.4) is 0 Å². The lowest BCUT2D eigenvalue weighted by molar-refractivity contribution is 0.463. The van der Waals surface area contributed by atoms with Gasteiger partial charge in [-0.15, -0.1) is 0 Å². The summed E-state index contributed by atoms with van der Waals surface area (Å²) in [5.41, 5.74) is 9.34. The quantitative estimate of drug-likeness (QED) is 0.615. The van der Waals surface area contributed by atoms with E-state index in [9.17, 15) is 0 Å². The molecule has 1 heterocycles. The zero-order chi connectivity index (χ0) is 17.8. The number of aryl methyl sites for hydroxylation is 2. The molecule has 3 N–H and O–H groups in total. The van der Waals surface area contributed by atoms with Crippen LogP contribution >= 0.6 is 15.9 Å². The van der Waals surface area contributed by atoms with E-state index in [4.69, 9.17) is 10.5 Å². The number of nitrogens with one attached hydrogen (secondary N) is 1. The van der Waals surface area contributed by atoms with Gasteiger partial charge >= 0.3 is 0 Å². The molecule has 25 heavy (non-hydrogen) atoms. The molecule has 128 valence electrons. The molecule has 0 radical (unpaired) electrons. The number of anilines is 3. The minimum absolute atomic E-state index is 0.153. The van der Waals surface area contributed by atoms with Crippen LogP contribution in [-0.2, 0) is 6.42 Å². The fraction of sp³-hybridized carbons (Fsp3) is 0.158. The molecular weight excluding hydrogens is 380 g/mol. The van der Waals surface area contributed by atoms with E-state index >= 15 is 0 Å². The summed E-state index contributed by atoms with van der Waals surface area (Å²) in [5, 5.41) is 3.26. The van der Waals surface area contributed by atoms with Gasteiger partial charge in [-0.1, -0.05) is 28.9 Å². The molecule has 0 unspecified atom stereocenters. The number of nitrogens with zero attached hydrogens (tertiary/aromatic N) is 2. The topological polar surface area (TPSA) is 73.1 Å². The van der Waals surface area contributed by atoms with E-state index in [2.05, 4.69) is 57.2 Å². The summed E-state index contributed by atoms with van der Waals surface area (Å²) < 4.78 is 6.75. The molecule has 3 aromatic rings. The summed E-state index contributed by atoms with van der Waals surface area (Å²) in [6.07, 6.45) is 0.977. The largest absolute Gasteiger partial charge is 0.439 e. The van der Waals surface area contributed by atoms with Crippen LogP contribution in [0.1, 0.15) is 18.1 Å². The van der Waals surface area contributed by atoms with Gasteiger partial charge in [-0.05, 0) is 60.9 Å². The molecule has 5 nitrogen and oxygen atoms in total. The fourth-order valence-corrected chi connectivity index (χ4v) is 2.72. The molecule has 0 bridgehead atoms. The molecule has 0 fully saturated rings. The Morgan fingerprint density at radius 3 is 2.56 bits per heavy atom. The van der Waals surface area contributed by atoms with Crippen LogP contribution < -0.4 is 15.8 Å². The lowest BCUT2D eigenvalue weighted by Crippen LogP contribution is -2.02. The average Bonchev–Trinajstić information content (AvgIpc) is 2.58. The first kappa shape index (κ1) is 17.2. The first-order valence-corrected chi connectivity index (χ1v) is 8.77. The van der Waals surface area contributed by atoms with Gasteiger partial charge in [0.25, 0.3) is 0 Å². The van der Waals surface area contributed by atoms with Crippen LogP contribution in [0.4, 0.5) is 17.5 Å². The van der Waals surface area contributed by atoms with Gasteiger partial charge in [0, 0.05) is 16.2 Å². The molecule has 0 spiro atoms. The number of ether oxygens (including phenoxy) is 1. The van der Waals surface area contributed by atoms with Crippen LogP contribution in [0, 0.1) is 6.92 Å². The standard InChI is InChI=1S/C19H19BrN4O/c1-3-13-10-15(7-4-12(13)2)22-17-11-18(24-19(21)23-17)25-16-8-5-14(20)6-9-16/h4-11H,3H2,1-2H3,(H3,21,22,23,24). The molecule has 0 aliphatic carbocycles. The van der Waals surface area contributed by atoms with Crippen LogP contribution in [-0.4, -0.2) is 9.97 Å². The van der Waals surface area contributed by atoms with Crippen molar-refractivity contribution in [1.29, 1.82) is 0 Å². The van der Waals surface area contributed by atoms with Crippen molar-refractivity contribution in [2.75, 3.05) is 11.1 Å². The van der Waals surface area contributed by atoms with Crippen LogP contribution in [0.25, 0.3) is 0 Å². The third-order valence-corrected chi connectivity index (χ3v) is 4.29. The van der Waals surface area contributed by atoms with Gasteiger partial charge < -0.3 is 15.8 Å². The Hall–Kier alpha value is -2.60. The molecule has 0 aliphatic heterocycles. The van der Waals surface area contributed by atoms with Gasteiger partial charge in [-0.2, -0.15) is 9.97 Å². The monoisotopic (exact) mass is 398 g/mol. The predicted octanol–water partition coefficient (Wildman–Crippen LogP) is 5.23. The third-order valence-electron chi connectivity index (χ3n) is 3.76. The number of nitrogens with two attached hydrogens (primary N) is 1. The van der Waals surface area contributed by atoms with Gasteiger partial charge in [-0.25, -0.2) is 0 Å². The van der Waals surface area contributed by atoms with Gasteiger partial charge in [0.05, 0.1) is 0 Å². The first-order valence-electron chi connectivity index (χ1n) is 7.98. The van der Waals surface area contributed by atoms with Gasteiger partial charge in [0.2, 0.25) is 11.8 Å². The number of aromatic nitrogens is 2. The number of rotatable bonds is 5. The maximum Gasteiger partial charge on any atom is 0.226 e. The highest BCUT2D eigenvalue weighted by Gasteiger charge is 2.06. The molecule has 2 aromatic carbocycles. The van der Waals surface area contributed by atoms with E-state index in [1.54, 1.807) is 6.07 Å². The Morgan fingerprint density at radius 2 is 1.84 bits per heavy atom. The maximum atomic E-state index is 5.82. The summed E-state index contributed by atoms with van der Waals surface area (Å²) in [6.45, 7) is 4.24. The first-order chi connectivity index (χ1) is 12.0. The van der Waals surface area contributed by atoms with Crippen molar-refractivity contribution in [3.05, 3.63) is 64.1 Å². The highest BCUT2D eigenvalue weighted by molar-refractivity contribution is 9.10. The lowest BCUT2D eigenvalue weighted by Gasteiger charge is -2.11. The Labute approximate surface area is 155 Å². The van der Waals surface area contributed by atoms with Crippen molar-refractivity contribution in [2.45, 2.75) is 20.3 Å². The molecule has 3 rings (SSSR count). The SMILES string of the molecule is CCc1cc(Nc2cc(Oc3ccc(Br)cc3)nc(N)n2)ccc1C. The van der Waals surface area contributed by atoms with Crippen molar-refractivity contribution >= 4 is 33.4 Å². The summed E-state index contributed by atoms with van der Waals surface area (Å²) in [4.78, 5) is 8.36. The second-order valence-corrected chi connectivity index (χ2v) is 6.54. The normalized spacial score (nSPS) is 10.5. The van der Waals surface area contributed by atoms with E-state index < -0.39 is 0 Å². The second-order valence-electron chi connectivity index (χ2n) is 5.63. The second kappa shape index (κ2) is 7.53. The number of nitrogen functional groups attached to an aromatic ring is 1. The zero-order valence-electron chi connectivity index (χ0n) is 14.1. The number of halogens is 1. The molecular formula is C19H19BrN4O. The molecule has 0 atom stereocenters. The van der Waals surface area contributed by atoms with Crippen molar-refractivity contribution in [3.8, 4) is 11.6 Å². The van der Waals surface area contributed by atoms with Crippen molar-refractivity contribution in [2.24, 2.45) is 0 Å². The van der Waals surface area contributed by atoms with Crippen molar-refractivity contribution < 1.29 is 4.74 Å². The Bertz CT molecular complexity index is 881. The molecule has 0 saturated heterocycles. The van der Waals surface area contributed by atoms with E-state index in [0.29, 0.717) is 17.4 Å². The zero-order valence-corrected chi connectivity index (χ0v) is 15.7. The van der Waals surface area contributed by atoms with Crippen LogP contribution in [0.2, 0.25) is 0 Å². The van der Waals surface area contributed by atoms with Gasteiger partial charge in [0.1, 0.15) is 11.6 Å². The van der Waals surface area contributed by atoms with E-state index in [0.717, 1.165) is 16.6 Å². The smallest absolute Gasteiger partial charge is 0.226 e. The molecule has 0 aliphatic rings. The summed E-state index contributed by atoms with van der Waals surface area (Å²) in [7, 11) is 0. The Kier molecular flexibility index (Phi) is 5.19. The summed E-state index contributed by atoms with van der Waals surface area (Å²) >= 11 is 3.40. The molecule has 1 aromatic heterocycles. The number of hydrogen-bond donors (Lipinski definition) is 2. The van der Waals surface area contributed by atoms with E-state index in [1.165, 1.54) is 11.1 Å². The Morgan fingerprint density at radius 1 is 1.08 bits per heavy atom. The number of benzene rings is 2. The summed E-state index contributed by atoms with van der Waals surface area (Å²) in [5.74, 6) is 1.81. The number of hydrogen-bond acceptors (Lipinski definition) is 5. The Balaban J connectivity index is 1.82. The average molecular weight is 399 g/mol. The van der Waals surface area contributed by atoms with Crippen molar-refractivity contribution in [1.82, 2.24) is 9.97 Å². The van der Waals surface area contributed by atoms with Crippen molar-refractivity contribution in [3.63, 3.8) is 0 Å². The maximum absolute atomic E-state index is 5.82. The van der Waals surface area contributed by atoms with Gasteiger partial charge in [-0.3, -0.25) is 0 Å². The minimum atomic E-state index is 0.153. The third kappa shape index (κ3) is 4.48. The van der Waals surface area contributed by atoms with Crippen LogP contribution in [0.5, 0.6) is 11.6 Å². The summed E-state index contributed by atoms with van der Waals surface area (Å²) in [6, 6.07) is 15.4. The highest BCUT2D eigenvalue weighted by atomic mass is 79.9. The van der Waals surface area contributed by atoms with Gasteiger partial charge in [0.15, 0.2) is 0 Å². The molecule has 0 amide bonds. The fourth-order valence-electron chi connectivity index (χ4n) is 2.46.